The van der Waals surface area contributed by atoms with Crippen molar-refractivity contribution in [1.29, 1.82) is 0 Å². The van der Waals surface area contributed by atoms with E-state index in [1.54, 1.807) is 4.90 Å². The van der Waals surface area contributed by atoms with E-state index in [0.717, 1.165) is 29.7 Å². The number of amides is 3. The lowest BCUT2D eigenvalue weighted by atomic mass is 9.70. The number of aliphatic hydroxyl groups is 1. The second kappa shape index (κ2) is 10.0. The van der Waals surface area contributed by atoms with E-state index in [4.69, 9.17) is 9.84 Å². The summed E-state index contributed by atoms with van der Waals surface area (Å²) in [6, 6.07) is 5.05. The number of carbonyl (C=O) groups excluding carboxylic acids is 3. The molecule has 3 heterocycles. The summed E-state index contributed by atoms with van der Waals surface area (Å²) in [5, 5.41) is 15.2. The maximum absolute atomic E-state index is 13.8. The van der Waals surface area contributed by atoms with Gasteiger partial charge in [0.1, 0.15) is 11.6 Å². The second-order valence-corrected chi connectivity index (χ2v) is 9.92. The van der Waals surface area contributed by atoms with E-state index in [-0.39, 0.29) is 30.4 Å². The number of benzene rings is 1. The van der Waals surface area contributed by atoms with E-state index < -0.39 is 23.5 Å². The third-order valence-electron chi connectivity index (χ3n) is 7.69. The van der Waals surface area contributed by atoms with Crippen LogP contribution in [0.3, 0.4) is 0 Å². The Morgan fingerprint density at radius 2 is 1.91 bits per heavy atom. The van der Waals surface area contributed by atoms with Crippen LogP contribution in [-0.2, 0) is 19.1 Å². The first kappa shape index (κ1) is 24.7. The number of fused-ring (bicyclic) bond motifs is 1. The van der Waals surface area contributed by atoms with Gasteiger partial charge in [-0.15, -0.1) is 0 Å². The van der Waals surface area contributed by atoms with Crippen molar-refractivity contribution < 1.29 is 24.2 Å². The molecule has 5 atom stereocenters. The highest BCUT2D eigenvalue weighted by Crippen LogP contribution is 2.58. The lowest BCUT2D eigenvalue weighted by Gasteiger charge is -2.33. The molecule has 2 unspecified atom stereocenters. The molecule has 1 spiro atoms. The van der Waals surface area contributed by atoms with E-state index >= 15 is 0 Å². The van der Waals surface area contributed by atoms with Gasteiger partial charge in [-0.05, 0) is 63.5 Å². The number of unbranched alkanes of at least 4 members (excludes halogenated alkanes) is 2. The summed E-state index contributed by atoms with van der Waals surface area (Å²) in [4.78, 5) is 42.3. The summed E-state index contributed by atoms with van der Waals surface area (Å²) in [6.07, 6.45) is 3.81. The molecular formula is C26H37N3O5. The third-order valence-corrected chi connectivity index (χ3v) is 7.69. The predicted octanol–water partition coefficient (Wildman–Crippen LogP) is 2.31. The minimum atomic E-state index is -0.979. The van der Waals surface area contributed by atoms with Crippen LogP contribution < -0.4 is 10.6 Å². The van der Waals surface area contributed by atoms with Crippen molar-refractivity contribution in [1.82, 2.24) is 10.2 Å². The molecule has 8 nitrogen and oxygen atoms in total. The minimum absolute atomic E-state index is 0.0987. The summed E-state index contributed by atoms with van der Waals surface area (Å²) in [5.74, 6) is -1.78. The number of nitrogens with zero attached hydrogens (tertiary/aromatic N) is 1. The van der Waals surface area contributed by atoms with Crippen LogP contribution in [0.1, 0.15) is 56.6 Å². The lowest BCUT2D eigenvalue weighted by Crippen LogP contribution is -2.53. The Hall–Kier alpha value is -2.45. The van der Waals surface area contributed by atoms with Crippen LogP contribution in [0.25, 0.3) is 0 Å². The fraction of sp³-hybridized carbons (Fsp3) is 0.654. The highest BCUT2D eigenvalue weighted by Gasteiger charge is 2.74. The van der Waals surface area contributed by atoms with Gasteiger partial charge >= 0.3 is 0 Å². The van der Waals surface area contributed by atoms with Crippen molar-refractivity contribution in [3.63, 3.8) is 0 Å². The number of nitrogens with one attached hydrogen (secondary N) is 2. The second-order valence-electron chi connectivity index (χ2n) is 9.92. The molecule has 3 N–H and O–H groups in total. The van der Waals surface area contributed by atoms with Gasteiger partial charge in [-0.1, -0.05) is 25.1 Å². The summed E-state index contributed by atoms with van der Waals surface area (Å²) in [6.45, 7) is 6.93. The highest BCUT2D eigenvalue weighted by atomic mass is 16.5. The molecule has 3 aliphatic heterocycles. The number of ether oxygens (including phenoxy) is 1. The standard InChI is InChI=1S/C26H37N3O5/c1-4-13-27-23(31)19-18-11-12-26(34-18)20(19)25(33)29(14-6-5-7-15-30)22(26)24(32)28-21-16(2)9-8-10-17(21)3/h8-10,18-20,22,30H,4-7,11-15H2,1-3H3,(H,27,31)(H,28,32)/t18-,19+,20+,22?,26?/m1/s1. The molecule has 0 saturated carbocycles. The Morgan fingerprint density at radius 1 is 1.18 bits per heavy atom. The molecule has 186 valence electrons. The van der Waals surface area contributed by atoms with E-state index in [1.165, 1.54) is 0 Å². The topological polar surface area (TPSA) is 108 Å². The fourth-order valence-corrected chi connectivity index (χ4v) is 6.13. The van der Waals surface area contributed by atoms with Crippen LogP contribution in [0, 0.1) is 25.7 Å². The summed E-state index contributed by atoms with van der Waals surface area (Å²) >= 11 is 0. The number of carbonyl (C=O) groups is 3. The van der Waals surface area contributed by atoms with Crippen LogP contribution in [0.2, 0.25) is 0 Å². The molecule has 1 aromatic rings. The van der Waals surface area contributed by atoms with Gasteiger partial charge in [0.25, 0.3) is 0 Å². The molecule has 3 saturated heterocycles. The van der Waals surface area contributed by atoms with Crippen LogP contribution in [-0.4, -0.2) is 65.2 Å². The fourth-order valence-electron chi connectivity index (χ4n) is 6.13. The predicted molar refractivity (Wildman–Crippen MR) is 128 cm³/mol. The van der Waals surface area contributed by atoms with Crippen molar-refractivity contribution in [2.45, 2.75) is 77.0 Å². The number of anilines is 1. The van der Waals surface area contributed by atoms with Gasteiger partial charge in [-0.25, -0.2) is 0 Å². The maximum atomic E-state index is 13.8. The van der Waals surface area contributed by atoms with Crippen LogP contribution >= 0.6 is 0 Å². The van der Waals surface area contributed by atoms with Gasteiger partial charge in [0.2, 0.25) is 17.7 Å². The molecule has 0 aromatic heterocycles. The van der Waals surface area contributed by atoms with E-state index in [2.05, 4.69) is 10.6 Å². The van der Waals surface area contributed by atoms with Gasteiger partial charge in [0.05, 0.1) is 17.9 Å². The molecule has 8 heteroatoms. The van der Waals surface area contributed by atoms with Crippen LogP contribution in [0.4, 0.5) is 5.69 Å². The van der Waals surface area contributed by atoms with Crippen molar-refractivity contribution in [3.05, 3.63) is 29.3 Å². The van der Waals surface area contributed by atoms with Crippen LogP contribution in [0.15, 0.2) is 18.2 Å². The number of hydrogen-bond acceptors (Lipinski definition) is 5. The number of aryl methyl sites for hydroxylation is 2. The summed E-state index contributed by atoms with van der Waals surface area (Å²) in [7, 11) is 0. The molecule has 34 heavy (non-hydrogen) atoms. The minimum Gasteiger partial charge on any atom is -0.396 e. The molecule has 3 fully saturated rings. The average molecular weight is 472 g/mol. The molecule has 3 aliphatic rings. The molecular weight excluding hydrogens is 434 g/mol. The van der Waals surface area contributed by atoms with Gasteiger partial charge in [-0.3, -0.25) is 14.4 Å². The maximum Gasteiger partial charge on any atom is 0.250 e. The number of aliphatic hydroxyl groups excluding tert-OH is 1. The molecule has 0 aliphatic carbocycles. The van der Waals surface area contributed by atoms with Crippen molar-refractivity contribution in [3.8, 4) is 0 Å². The highest BCUT2D eigenvalue weighted by molar-refractivity contribution is 6.04. The molecule has 1 aromatic carbocycles. The third kappa shape index (κ3) is 4.11. The monoisotopic (exact) mass is 471 g/mol. The zero-order valence-corrected chi connectivity index (χ0v) is 20.4. The van der Waals surface area contributed by atoms with E-state index in [1.807, 2.05) is 39.0 Å². The van der Waals surface area contributed by atoms with Crippen molar-refractivity contribution in [2.24, 2.45) is 11.8 Å². The van der Waals surface area contributed by atoms with E-state index in [9.17, 15) is 14.4 Å². The van der Waals surface area contributed by atoms with Gasteiger partial charge in [0.15, 0.2) is 0 Å². The Bertz CT molecular complexity index is 930. The van der Waals surface area contributed by atoms with Crippen LogP contribution in [0.5, 0.6) is 0 Å². The Balaban J connectivity index is 1.65. The Morgan fingerprint density at radius 3 is 2.59 bits per heavy atom. The zero-order valence-electron chi connectivity index (χ0n) is 20.4. The van der Waals surface area contributed by atoms with Crippen molar-refractivity contribution in [2.75, 3.05) is 25.0 Å². The molecule has 3 amide bonds. The Kier molecular flexibility index (Phi) is 7.28. The molecule has 2 bridgehead atoms. The van der Waals surface area contributed by atoms with E-state index in [0.29, 0.717) is 38.8 Å². The first-order chi connectivity index (χ1) is 16.4. The first-order valence-electron chi connectivity index (χ1n) is 12.6. The molecule has 0 radical (unpaired) electrons. The normalized spacial score (nSPS) is 29.4. The number of hydrogen-bond donors (Lipinski definition) is 3. The number of likely N-dealkylation sites (tertiary alicyclic amines) is 1. The zero-order chi connectivity index (χ0) is 24.5. The first-order valence-corrected chi connectivity index (χ1v) is 12.6. The number of para-hydroxylation sites is 1. The van der Waals surface area contributed by atoms with Gasteiger partial charge < -0.3 is 25.4 Å². The average Bonchev–Trinajstić information content (AvgIpc) is 3.45. The van der Waals surface area contributed by atoms with Crippen molar-refractivity contribution >= 4 is 23.4 Å². The van der Waals surface area contributed by atoms with Gasteiger partial charge in [0, 0.05) is 25.4 Å². The quantitative estimate of drug-likeness (QED) is 0.454. The smallest absolute Gasteiger partial charge is 0.250 e. The summed E-state index contributed by atoms with van der Waals surface area (Å²) < 4.78 is 6.43. The summed E-state index contributed by atoms with van der Waals surface area (Å²) in [5.41, 5.74) is 1.68. The SMILES string of the molecule is CCCNC(=O)[C@@H]1[C@H]2C(=O)N(CCCCCO)C(C(=O)Nc3c(C)cccc3C)C23CC[C@H]1O3. The Labute approximate surface area is 201 Å². The molecule has 4 rings (SSSR count). The largest absolute Gasteiger partial charge is 0.396 e. The lowest BCUT2D eigenvalue weighted by molar-refractivity contribution is -0.140. The van der Waals surface area contributed by atoms with Gasteiger partial charge in [-0.2, -0.15) is 0 Å². The number of rotatable bonds is 10.